The van der Waals surface area contributed by atoms with Crippen molar-refractivity contribution in [3.05, 3.63) is 29.8 Å². The standard InChI is InChI=1S/C14H18N2O2.ClH/c1-9(17)10-4-2-5-11(8-10)16-14(18)12-6-3-7-13(12)15;/h2,4-5,8,12-13H,3,6-7,15H2,1H3,(H,16,18);1H. The van der Waals surface area contributed by atoms with Crippen LogP contribution in [0.1, 0.15) is 36.5 Å². The van der Waals surface area contributed by atoms with Gasteiger partial charge in [0.25, 0.3) is 0 Å². The molecule has 4 nitrogen and oxygen atoms in total. The zero-order valence-corrected chi connectivity index (χ0v) is 11.7. The molecule has 5 heteroatoms. The van der Waals surface area contributed by atoms with Gasteiger partial charge in [-0.05, 0) is 31.9 Å². The normalized spacial score (nSPS) is 21.6. The number of carbonyl (C=O) groups is 2. The van der Waals surface area contributed by atoms with E-state index in [0.29, 0.717) is 11.3 Å². The molecule has 0 aromatic heterocycles. The largest absolute Gasteiger partial charge is 0.327 e. The lowest BCUT2D eigenvalue weighted by Crippen LogP contribution is -2.34. The van der Waals surface area contributed by atoms with Gasteiger partial charge in [-0.2, -0.15) is 0 Å². The Kier molecular flexibility index (Phi) is 5.51. The Morgan fingerprint density at radius 2 is 2.05 bits per heavy atom. The molecule has 1 saturated carbocycles. The van der Waals surface area contributed by atoms with Crippen molar-refractivity contribution >= 4 is 29.8 Å². The van der Waals surface area contributed by atoms with Gasteiger partial charge in [-0.25, -0.2) is 0 Å². The summed E-state index contributed by atoms with van der Waals surface area (Å²) in [6.45, 7) is 1.51. The average molecular weight is 283 g/mol. The molecule has 2 unspecified atom stereocenters. The van der Waals surface area contributed by atoms with E-state index < -0.39 is 0 Å². The lowest BCUT2D eigenvalue weighted by molar-refractivity contribution is -0.120. The molecule has 104 valence electrons. The zero-order chi connectivity index (χ0) is 13.1. The predicted molar refractivity (Wildman–Crippen MR) is 77.6 cm³/mol. The van der Waals surface area contributed by atoms with Gasteiger partial charge in [0, 0.05) is 17.3 Å². The van der Waals surface area contributed by atoms with Crippen molar-refractivity contribution in [1.29, 1.82) is 0 Å². The van der Waals surface area contributed by atoms with Crippen molar-refractivity contribution in [2.24, 2.45) is 11.7 Å². The number of ketones is 1. The maximum Gasteiger partial charge on any atom is 0.229 e. The van der Waals surface area contributed by atoms with Crippen LogP contribution in [0.25, 0.3) is 0 Å². The number of anilines is 1. The molecule has 0 spiro atoms. The molecule has 3 N–H and O–H groups in total. The van der Waals surface area contributed by atoms with E-state index in [9.17, 15) is 9.59 Å². The summed E-state index contributed by atoms with van der Waals surface area (Å²) in [5, 5.41) is 2.84. The molecule has 1 aromatic rings. The highest BCUT2D eigenvalue weighted by atomic mass is 35.5. The molecule has 0 saturated heterocycles. The van der Waals surface area contributed by atoms with Crippen LogP contribution >= 0.6 is 12.4 Å². The highest BCUT2D eigenvalue weighted by Gasteiger charge is 2.30. The van der Waals surface area contributed by atoms with Crippen LogP contribution in [0, 0.1) is 5.92 Å². The van der Waals surface area contributed by atoms with E-state index in [4.69, 9.17) is 5.73 Å². The summed E-state index contributed by atoms with van der Waals surface area (Å²) in [6, 6.07) is 6.94. The van der Waals surface area contributed by atoms with Crippen LogP contribution in [0.5, 0.6) is 0 Å². The Morgan fingerprint density at radius 1 is 1.32 bits per heavy atom. The minimum Gasteiger partial charge on any atom is -0.327 e. The van der Waals surface area contributed by atoms with Crippen LogP contribution in [0.15, 0.2) is 24.3 Å². The molecule has 0 heterocycles. The van der Waals surface area contributed by atoms with Gasteiger partial charge in [-0.15, -0.1) is 12.4 Å². The van der Waals surface area contributed by atoms with Crippen LogP contribution in [0.3, 0.4) is 0 Å². The first-order valence-corrected chi connectivity index (χ1v) is 6.25. The van der Waals surface area contributed by atoms with E-state index in [1.807, 2.05) is 0 Å². The number of Topliss-reactive ketones (excluding diaryl/α,β-unsaturated/α-hetero) is 1. The molecule has 1 fully saturated rings. The zero-order valence-electron chi connectivity index (χ0n) is 10.9. The van der Waals surface area contributed by atoms with Crippen LogP contribution in [0.2, 0.25) is 0 Å². The molecule has 1 aromatic carbocycles. The first-order chi connectivity index (χ1) is 8.58. The van der Waals surface area contributed by atoms with Crippen LogP contribution < -0.4 is 11.1 Å². The van der Waals surface area contributed by atoms with E-state index in [-0.39, 0.29) is 36.1 Å². The SMILES string of the molecule is CC(=O)c1cccc(NC(=O)C2CCCC2N)c1.Cl. The summed E-state index contributed by atoms with van der Waals surface area (Å²) in [6.07, 6.45) is 2.76. The number of rotatable bonds is 3. The Balaban J connectivity index is 0.00000180. The van der Waals surface area contributed by atoms with E-state index in [1.165, 1.54) is 6.92 Å². The van der Waals surface area contributed by atoms with Crippen LogP contribution in [-0.2, 0) is 4.79 Å². The number of amides is 1. The number of nitrogens with two attached hydrogens (primary N) is 1. The van der Waals surface area contributed by atoms with Crippen molar-refractivity contribution in [1.82, 2.24) is 0 Å². The number of carbonyl (C=O) groups excluding carboxylic acids is 2. The molecule has 1 amide bonds. The van der Waals surface area contributed by atoms with Gasteiger partial charge in [-0.1, -0.05) is 18.6 Å². The summed E-state index contributed by atoms with van der Waals surface area (Å²) >= 11 is 0. The fraction of sp³-hybridized carbons (Fsp3) is 0.429. The number of nitrogens with one attached hydrogen (secondary N) is 1. The van der Waals surface area contributed by atoms with Crippen molar-refractivity contribution < 1.29 is 9.59 Å². The number of halogens is 1. The summed E-state index contributed by atoms with van der Waals surface area (Å²) in [5.74, 6) is -0.157. The Labute approximate surface area is 119 Å². The quantitative estimate of drug-likeness (QED) is 0.836. The van der Waals surface area contributed by atoms with Gasteiger partial charge >= 0.3 is 0 Å². The number of hydrogen-bond donors (Lipinski definition) is 2. The second-order valence-corrected chi connectivity index (χ2v) is 4.83. The number of hydrogen-bond acceptors (Lipinski definition) is 3. The van der Waals surface area contributed by atoms with Crippen molar-refractivity contribution in [2.75, 3.05) is 5.32 Å². The smallest absolute Gasteiger partial charge is 0.229 e. The van der Waals surface area contributed by atoms with E-state index in [0.717, 1.165) is 19.3 Å². The topological polar surface area (TPSA) is 72.2 Å². The van der Waals surface area contributed by atoms with Gasteiger partial charge in [0.05, 0.1) is 5.92 Å². The Hall–Kier alpha value is -1.39. The van der Waals surface area contributed by atoms with Gasteiger partial charge in [0.2, 0.25) is 5.91 Å². The molecule has 1 aliphatic rings. The molecule has 0 bridgehead atoms. The molecule has 0 aliphatic heterocycles. The van der Waals surface area contributed by atoms with Gasteiger partial charge in [0.1, 0.15) is 0 Å². The summed E-state index contributed by atoms with van der Waals surface area (Å²) < 4.78 is 0. The monoisotopic (exact) mass is 282 g/mol. The number of benzene rings is 1. The van der Waals surface area contributed by atoms with E-state index in [2.05, 4.69) is 5.32 Å². The molecular formula is C14H19ClN2O2. The fourth-order valence-electron chi connectivity index (χ4n) is 2.37. The highest BCUT2D eigenvalue weighted by molar-refractivity contribution is 5.97. The van der Waals surface area contributed by atoms with E-state index in [1.54, 1.807) is 24.3 Å². The summed E-state index contributed by atoms with van der Waals surface area (Å²) in [5.41, 5.74) is 7.16. The molecule has 19 heavy (non-hydrogen) atoms. The third-order valence-electron chi connectivity index (χ3n) is 3.44. The maximum absolute atomic E-state index is 12.0. The van der Waals surface area contributed by atoms with Crippen LogP contribution in [0.4, 0.5) is 5.69 Å². The molecule has 2 rings (SSSR count). The predicted octanol–water partition coefficient (Wildman–Crippen LogP) is 2.38. The Morgan fingerprint density at radius 3 is 2.63 bits per heavy atom. The van der Waals surface area contributed by atoms with Crippen molar-refractivity contribution in [2.45, 2.75) is 32.2 Å². The third-order valence-corrected chi connectivity index (χ3v) is 3.44. The van der Waals surface area contributed by atoms with Crippen molar-refractivity contribution in [3.8, 4) is 0 Å². The van der Waals surface area contributed by atoms with Gasteiger partial charge < -0.3 is 11.1 Å². The van der Waals surface area contributed by atoms with Gasteiger partial charge in [-0.3, -0.25) is 9.59 Å². The second-order valence-electron chi connectivity index (χ2n) is 4.83. The average Bonchev–Trinajstić information content (AvgIpc) is 2.76. The fourth-order valence-corrected chi connectivity index (χ4v) is 2.37. The van der Waals surface area contributed by atoms with Crippen molar-refractivity contribution in [3.63, 3.8) is 0 Å². The minimum atomic E-state index is -0.106. The molecular weight excluding hydrogens is 264 g/mol. The lowest BCUT2D eigenvalue weighted by atomic mass is 10.0. The lowest BCUT2D eigenvalue weighted by Gasteiger charge is -2.15. The highest BCUT2D eigenvalue weighted by Crippen LogP contribution is 2.25. The maximum atomic E-state index is 12.0. The minimum absolute atomic E-state index is 0. The first-order valence-electron chi connectivity index (χ1n) is 6.25. The molecule has 0 radical (unpaired) electrons. The second kappa shape index (κ2) is 6.68. The third kappa shape index (κ3) is 3.78. The molecule has 1 aliphatic carbocycles. The summed E-state index contributed by atoms with van der Waals surface area (Å²) in [7, 11) is 0. The van der Waals surface area contributed by atoms with Gasteiger partial charge in [0.15, 0.2) is 5.78 Å². The summed E-state index contributed by atoms with van der Waals surface area (Å²) in [4.78, 5) is 23.3. The van der Waals surface area contributed by atoms with E-state index >= 15 is 0 Å². The van der Waals surface area contributed by atoms with Crippen LogP contribution in [-0.4, -0.2) is 17.7 Å². The Bertz CT molecular complexity index is 476. The molecule has 2 atom stereocenters. The first kappa shape index (κ1) is 15.7.